The van der Waals surface area contributed by atoms with Crippen molar-refractivity contribution in [3.63, 3.8) is 0 Å². The van der Waals surface area contributed by atoms with Gasteiger partial charge in [-0.3, -0.25) is 0 Å². The number of rotatable bonds is 10. The van der Waals surface area contributed by atoms with Crippen LogP contribution in [0.5, 0.6) is 11.6 Å². The number of guanidine groups is 1. The molecule has 11 heteroatoms. The fourth-order valence-electron chi connectivity index (χ4n) is 5.60. The van der Waals surface area contributed by atoms with Gasteiger partial charge in [-0.15, -0.1) is 0 Å². The van der Waals surface area contributed by atoms with Crippen LogP contribution in [0.2, 0.25) is 0 Å². The molecule has 4 rings (SSSR count). The highest BCUT2D eigenvalue weighted by Crippen LogP contribution is 2.39. The zero-order valence-electron chi connectivity index (χ0n) is 27.2. The van der Waals surface area contributed by atoms with Gasteiger partial charge in [0, 0.05) is 30.3 Å². The molecule has 0 radical (unpaired) electrons. The van der Waals surface area contributed by atoms with Crippen molar-refractivity contribution in [1.29, 1.82) is 0 Å². The number of fused-ring (bicyclic) bond motifs is 1. The molecule has 1 N–H and O–H groups in total. The van der Waals surface area contributed by atoms with Gasteiger partial charge in [-0.1, -0.05) is 0 Å². The highest BCUT2D eigenvalue weighted by atomic mass is 19.1. The lowest BCUT2D eigenvalue weighted by Gasteiger charge is -2.34. The molecule has 240 valence electrons. The summed E-state index contributed by atoms with van der Waals surface area (Å²) >= 11 is 0. The predicted octanol–water partition coefficient (Wildman–Crippen LogP) is 6.18. The summed E-state index contributed by atoms with van der Waals surface area (Å²) in [4.78, 5) is 19.9. The largest absolute Gasteiger partial charge is 0.486 e. The number of nitrogens with one attached hydrogen (secondary N) is 1. The van der Waals surface area contributed by atoms with Gasteiger partial charge in [0.05, 0.1) is 18.3 Å². The molecule has 0 unspecified atom stereocenters. The molecule has 0 saturated carbocycles. The standard InChI is InChI=1S/C33H47F2N7O2/c1-21(2)42-17-18-43-31-27(35)19-25(20-28(31)42)30(23(5)34)39-33(36-6)38-29-10-9-26(32(37-29)44-22(3)4)24-11-13-41(14-12-24)16-15-40(7)8/h9-10,19-22,24H,6,11-18H2,1-5,7-8H3,(H,37,38,39)/b30-23+. The van der Waals surface area contributed by atoms with E-state index >= 15 is 4.39 Å². The van der Waals surface area contributed by atoms with E-state index in [9.17, 15) is 4.39 Å². The van der Waals surface area contributed by atoms with Gasteiger partial charge in [0.1, 0.15) is 23.9 Å². The van der Waals surface area contributed by atoms with Crippen LogP contribution in [0.25, 0.3) is 5.70 Å². The van der Waals surface area contributed by atoms with Crippen LogP contribution in [0.3, 0.4) is 0 Å². The quantitative estimate of drug-likeness (QED) is 0.254. The van der Waals surface area contributed by atoms with E-state index in [0.717, 1.165) is 44.6 Å². The van der Waals surface area contributed by atoms with Gasteiger partial charge in [0.25, 0.3) is 0 Å². The van der Waals surface area contributed by atoms with Crippen LogP contribution < -0.4 is 19.7 Å². The summed E-state index contributed by atoms with van der Waals surface area (Å²) in [6.45, 7) is 18.0. The van der Waals surface area contributed by atoms with Crippen molar-refractivity contribution < 1.29 is 18.3 Å². The second-order valence-corrected chi connectivity index (χ2v) is 12.2. The summed E-state index contributed by atoms with van der Waals surface area (Å²) in [5.74, 6) is 0.350. The van der Waals surface area contributed by atoms with Crippen LogP contribution in [0.1, 0.15) is 64.5 Å². The molecule has 9 nitrogen and oxygen atoms in total. The van der Waals surface area contributed by atoms with Crippen molar-refractivity contribution in [1.82, 2.24) is 14.8 Å². The summed E-state index contributed by atoms with van der Waals surface area (Å²) in [6.07, 6.45) is 1.98. The second kappa shape index (κ2) is 14.9. The summed E-state index contributed by atoms with van der Waals surface area (Å²) in [6, 6.07) is 6.93. The molecule has 2 aliphatic heterocycles. The number of halogens is 2. The summed E-state index contributed by atoms with van der Waals surface area (Å²) < 4.78 is 41.9. The van der Waals surface area contributed by atoms with Crippen LogP contribution in [0.4, 0.5) is 20.3 Å². The molecule has 0 atom stereocenters. The Labute approximate surface area is 260 Å². The van der Waals surface area contributed by atoms with Gasteiger partial charge in [-0.2, -0.15) is 4.98 Å². The third-order valence-electron chi connectivity index (χ3n) is 7.87. The number of aliphatic imine (C=N–C) groups is 2. The van der Waals surface area contributed by atoms with E-state index in [2.05, 4.69) is 45.9 Å². The molecule has 1 aromatic carbocycles. The Bertz CT molecular complexity index is 1360. The number of piperidine rings is 1. The summed E-state index contributed by atoms with van der Waals surface area (Å²) in [7, 11) is 4.20. The average Bonchev–Trinajstić information content (AvgIpc) is 2.97. The molecule has 1 aromatic heterocycles. The van der Waals surface area contributed by atoms with Gasteiger partial charge < -0.3 is 29.5 Å². The SMILES string of the molecule is C=N/C(=N\C(=C(/C)F)c1cc(F)c2c(c1)N(C(C)C)CCO2)Nc1ccc(C2CCN(CCN(C)C)CC2)c(OC(C)C)n1. The van der Waals surface area contributed by atoms with Gasteiger partial charge in [0.2, 0.25) is 11.8 Å². The Kier molecular flexibility index (Phi) is 11.3. The zero-order chi connectivity index (χ0) is 32.0. The average molecular weight is 612 g/mol. The van der Waals surface area contributed by atoms with Crippen LogP contribution in [-0.4, -0.2) is 93.0 Å². The van der Waals surface area contributed by atoms with E-state index in [4.69, 9.17) is 14.5 Å². The van der Waals surface area contributed by atoms with Crippen molar-refractivity contribution in [2.75, 3.05) is 63.6 Å². The van der Waals surface area contributed by atoms with E-state index in [1.165, 1.54) is 13.0 Å². The molecule has 44 heavy (non-hydrogen) atoms. The van der Waals surface area contributed by atoms with Gasteiger partial charge in [0.15, 0.2) is 11.6 Å². The first-order valence-corrected chi connectivity index (χ1v) is 15.4. The maximum Gasteiger partial charge on any atom is 0.228 e. The van der Waals surface area contributed by atoms with Crippen molar-refractivity contribution >= 4 is 29.9 Å². The first-order chi connectivity index (χ1) is 21.0. The van der Waals surface area contributed by atoms with E-state index in [-0.39, 0.29) is 35.1 Å². The maximum atomic E-state index is 15.2. The number of ether oxygens (including phenoxy) is 2. The number of anilines is 2. The molecule has 0 bridgehead atoms. The minimum absolute atomic E-state index is 0.0250. The van der Waals surface area contributed by atoms with Crippen LogP contribution in [-0.2, 0) is 0 Å². The lowest BCUT2D eigenvalue weighted by molar-refractivity contribution is 0.188. The number of benzene rings is 1. The molecule has 0 amide bonds. The smallest absolute Gasteiger partial charge is 0.228 e. The fraction of sp³-hybridized carbons (Fsp3) is 0.545. The molecular weight excluding hydrogens is 564 g/mol. The normalized spacial score (nSPS) is 17.1. The number of hydrogen-bond acceptors (Lipinski definition) is 7. The molecule has 0 aliphatic carbocycles. The van der Waals surface area contributed by atoms with Crippen LogP contribution >= 0.6 is 0 Å². The minimum atomic E-state index is -0.593. The Morgan fingerprint density at radius 2 is 1.91 bits per heavy atom. The van der Waals surface area contributed by atoms with Gasteiger partial charge in [-0.25, -0.2) is 18.8 Å². The lowest BCUT2D eigenvalue weighted by Crippen LogP contribution is -2.38. The lowest BCUT2D eigenvalue weighted by atomic mass is 9.90. The van der Waals surface area contributed by atoms with Crippen LogP contribution in [0.15, 0.2) is 40.1 Å². The topological polar surface area (TPSA) is 77.8 Å². The highest BCUT2D eigenvalue weighted by Gasteiger charge is 2.27. The van der Waals surface area contributed by atoms with E-state index in [1.54, 1.807) is 6.07 Å². The number of likely N-dealkylation sites (N-methyl/N-ethyl adjacent to an activating group) is 1. The minimum Gasteiger partial charge on any atom is -0.486 e. The third kappa shape index (κ3) is 8.32. The highest BCUT2D eigenvalue weighted by molar-refractivity contribution is 5.99. The number of allylic oxidation sites excluding steroid dienone is 1. The zero-order valence-corrected chi connectivity index (χ0v) is 27.2. The monoisotopic (exact) mass is 611 g/mol. The molecule has 0 spiro atoms. The number of likely N-dealkylation sites (tertiary alicyclic amines) is 1. The number of aromatic nitrogens is 1. The van der Waals surface area contributed by atoms with Crippen molar-refractivity contribution in [2.24, 2.45) is 9.98 Å². The van der Waals surface area contributed by atoms with Crippen molar-refractivity contribution in [2.45, 2.75) is 65.5 Å². The van der Waals surface area contributed by atoms with Gasteiger partial charge in [-0.05, 0) is 112 Å². The van der Waals surface area contributed by atoms with Crippen LogP contribution in [0, 0.1) is 5.82 Å². The van der Waals surface area contributed by atoms with E-state index in [0.29, 0.717) is 36.5 Å². The molecule has 1 saturated heterocycles. The summed E-state index contributed by atoms with van der Waals surface area (Å²) in [5.41, 5.74) is 1.84. The summed E-state index contributed by atoms with van der Waals surface area (Å²) in [5, 5.41) is 3.05. The molecular formula is C33H47F2N7O2. The number of hydrogen-bond donors (Lipinski definition) is 1. The molecule has 3 heterocycles. The first-order valence-electron chi connectivity index (χ1n) is 15.4. The first kappa shape index (κ1) is 33.3. The number of pyridine rings is 1. The Balaban J connectivity index is 1.58. The maximum absolute atomic E-state index is 15.2. The molecule has 2 aromatic rings. The van der Waals surface area contributed by atoms with E-state index in [1.807, 2.05) is 44.7 Å². The van der Waals surface area contributed by atoms with Crippen molar-refractivity contribution in [3.05, 3.63) is 47.0 Å². The van der Waals surface area contributed by atoms with E-state index < -0.39 is 11.6 Å². The van der Waals surface area contributed by atoms with Gasteiger partial charge >= 0.3 is 0 Å². The third-order valence-corrected chi connectivity index (χ3v) is 7.87. The predicted molar refractivity (Wildman–Crippen MR) is 176 cm³/mol. The second-order valence-electron chi connectivity index (χ2n) is 12.2. The molecule has 1 fully saturated rings. The number of nitrogens with zero attached hydrogens (tertiary/aromatic N) is 6. The Hall–Kier alpha value is -3.57. The Morgan fingerprint density at radius 1 is 1.18 bits per heavy atom. The Morgan fingerprint density at radius 3 is 2.52 bits per heavy atom. The molecule has 2 aliphatic rings. The van der Waals surface area contributed by atoms with Crippen molar-refractivity contribution in [3.8, 4) is 11.6 Å². The fourth-order valence-corrected chi connectivity index (χ4v) is 5.60.